The van der Waals surface area contributed by atoms with E-state index >= 15 is 0 Å². The smallest absolute Gasteiger partial charge is 0.308 e. The van der Waals surface area contributed by atoms with Gasteiger partial charge in [-0.2, -0.15) is 0 Å². The lowest BCUT2D eigenvalue weighted by atomic mass is 10.2. The lowest BCUT2D eigenvalue weighted by Gasteiger charge is -2.13. The second kappa shape index (κ2) is 8.04. The Hall–Kier alpha value is -2.37. The minimum Gasteiger partial charge on any atom is -0.452 e. The van der Waals surface area contributed by atoms with Crippen LogP contribution in [-0.4, -0.2) is 30.4 Å². The molecule has 0 bridgehead atoms. The molecule has 0 saturated heterocycles. The van der Waals surface area contributed by atoms with Crippen molar-refractivity contribution in [1.82, 2.24) is 5.32 Å². The molecule has 0 saturated carbocycles. The summed E-state index contributed by atoms with van der Waals surface area (Å²) in [7, 11) is 0. The van der Waals surface area contributed by atoms with E-state index in [1.165, 1.54) is 13.8 Å². The Balaban J connectivity index is 2.40. The molecule has 0 radical (unpaired) electrons. The van der Waals surface area contributed by atoms with E-state index in [0.717, 1.165) is 5.56 Å². The number of benzene rings is 1. The van der Waals surface area contributed by atoms with Crippen LogP contribution in [0.4, 0.5) is 5.69 Å². The van der Waals surface area contributed by atoms with Crippen LogP contribution >= 0.6 is 0 Å². The van der Waals surface area contributed by atoms with Crippen LogP contribution < -0.4 is 10.6 Å². The number of ether oxygens (including phenoxy) is 1. The highest BCUT2D eigenvalue weighted by Crippen LogP contribution is 2.10. The molecule has 6 heteroatoms. The quantitative estimate of drug-likeness (QED) is 0.776. The second-order valence-corrected chi connectivity index (χ2v) is 4.72. The van der Waals surface area contributed by atoms with E-state index < -0.39 is 18.0 Å². The molecule has 0 aliphatic carbocycles. The summed E-state index contributed by atoms with van der Waals surface area (Å²) in [5, 5.41) is 5.16. The first-order chi connectivity index (χ1) is 9.88. The van der Waals surface area contributed by atoms with Crippen molar-refractivity contribution in [2.45, 2.75) is 33.3 Å². The minimum atomic E-state index is -0.893. The van der Waals surface area contributed by atoms with E-state index in [4.69, 9.17) is 4.74 Å². The summed E-state index contributed by atoms with van der Waals surface area (Å²) in [5.74, 6) is -1.14. The van der Waals surface area contributed by atoms with Gasteiger partial charge in [-0.15, -0.1) is 0 Å². The zero-order valence-electron chi connectivity index (χ0n) is 12.4. The number of amides is 2. The van der Waals surface area contributed by atoms with Gasteiger partial charge in [0.05, 0.1) is 6.42 Å². The van der Waals surface area contributed by atoms with E-state index in [2.05, 4.69) is 10.6 Å². The van der Waals surface area contributed by atoms with Gasteiger partial charge >= 0.3 is 5.97 Å². The van der Waals surface area contributed by atoms with Gasteiger partial charge in [-0.05, 0) is 31.5 Å². The van der Waals surface area contributed by atoms with Crippen LogP contribution in [0.1, 0.15) is 25.8 Å². The number of anilines is 1. The summed E-state index contributed by atoms with van der Waals surface area (Å²) in [4.78, 5) is 34.0. The molecule has 2 N–H and O–H groups in total. The molecule has 0 aliphatic heterocycles. The molecule has 1 rings (SSSR count). The van der Waals surface area contributed by atoms with Crippen molar-refractivity contribution >= 4 is 23.5 Å². The van der Waals surface area contributed by atoms with E-state index in [9.17, 15) is 14.4 Å². The molecule has 0 aliphatic rings. The number of rotatable bonds is 6. The molecular formula is C15H20N2O4. The number of esters is 1. The molecule has 0 unspecified atom stereocenters. The van der Waals surface area contributed by atoms with Crippen molar-refractivity contribution in [3.05, 3.63) is 29.8 Å². The average Bonchev–Trinajstić information content (AvgIpc) is 2.38. The maximum atomic E-state index is 11.9. The van der Waals surface area contributed by atoms with Crippen LogP contribution in [-0.2, 0) is 19.1 Å². The fourth-order valence-corrected chi connectivity index (χ4v) is 1.62. The summed E-state index contributed by atoms with van der Waals surface area (Å²) in [6.45, 7) is 4.98. The van der Waals surface area contributed by atoms with Gasteiger partial charge in [0.25, 0.3) is 5.91 Å². The first-order valence-electron chi connectivity index (χ1n) is 6.70. The highest BCUT2D eigenvalue weighted by Gasteiger charge is 2.17. The molecular weight excluding hydrogens is 272 g/mol. The predicted octanol–water partition coefficient (Wildman–Crippen LogP) is 1.39. The van der Waals surface area contributed by atoms with Crippen molar-refractivity contribution < 1.29 is 19.1 Å². The third kappa shape index (κ3) is 6.56. The van der Waals surface area contributed by atoms with Crippen LogP contribution in [0.2, 0.25) is 0 Å². The highest BCUT2D eigenvalue weighted by atomic mass is 16.5. The summed E-state index contributed by atoms with van der Waals surface area (Å²) in [6.07, 6.45) is -0.864. The maximum Gasteiger partial charge on any atom is 0.308 e. The monoisotopic (exact) mass is 292 g/mol. The van der Waals surface area contributed by atoms with Crippen LogP contribution in [0.25, 0.3) is 0 Å². The summed E-state index contributed by atoms with van der Waals surface area (Å²) < 4.78 is 4.99. The standard InChI is InChI=1S/C15H20N2O4/c1-10-5-4-6-13(9-10)17-15(20)11(2)21-14(19)7-8-16-12(3)18/h4-6,9,11H,7-8H2,1-3H3,(H,16,18)(H,17,20)/t11-/m0/s1. The second-order valence-electron chi connectivity index (χ2n) is 4.72. The van der Waals surface area contributed by atoms with Gasteiger partial charge in [-0.3, -0.25) is 14.4 Å². The van der Waals surface area contributed by atoms with E-state index in [-0.39, 0.29) is 18.9 Å². The van der Waals surface area contributed by atoms with Crippen LogP contribution in [0.15, 0.2) is 24.3 Å². The number of aryl methyl sites for hydroxylation is 1. The van der Waals surface area contributed by atoms with Gasteiger partial charge in [0.15, 0.2) is 6.10 Å². The summed E-state index contributed by atoms with van der Waals surface area (Å²) in [6, 6.07) is 7.33. The molecule has 1 aromatic carbocycles. The molecule has 0 spiro atoms. The van der Waals surface area contributed by atoms with Gasteiger partial charge in [0.1, 0.15) is 0 Å². The Kier molecular flexibility index (Phi) is 6.39. The Morgan fingerprint density at radius 3 is 2.62 bits per heavy atom. The molecule has 1 aromatic rings. The van der Waals surface area contributed by atoms with Crippen molar-refractivity contribution in [3.63, 3.8) is 0 Å². The molecule has 21 heavy (non-hydrogen) atoms. The molecule has 6 nitrogen and oxygen atoms in total. The van der Waals surface area contributed by atoms with Crippen molar-refractivity contribution in [2.24, 2.45) is 0 Å². The topological polar surface area (TPSA) is 84.5 Å². The van der Waals surface area contributed by atoms with Crippen LogP contribution in [0.5, 0.6) is 0 Å². The molecule has 1 atom stereocenters. The van der Waals surface area contributed by atoms with Gasteiger partial charge in [-0.1, -0.05) is 12.1 Å². The highest BCUT2D eigenvalue weighted by molar-refractivity contribution is 5.95. The first-order valence-corrected chi connectivity index (χ1v) is 6.70. The average molecular weight is 292 g/mol. The van der Waals surface area contributed by atoms with E-state index in [0.29, 0.717) is 5.69 Å². The Morgan fingerprint density at radius 2 is 2.00 bits per heavy atom. The molecule has 0 fully saturated rings. The number of nitrogens with one attached hydrogen (secondary N) is 2. The predicted molar refractivity (Wildman–Crippen MR) is 78.7 cm³/mol. The number of carbonyl (C=O) groups excluding carboxylic acids is 3. The number of hydrogen-bond donors (Lipinski definition) is 2. The normalized spacial score (nSPS) is 11.4. The van der Waals surface area contributed by atoms with E-state index in [1.54, 1.807) is 6.07 Å². The van der Waals surface area contributed by atoms with Gasteiger partial charge in [0.2, 0.25) is 5.91 Å². The van der Waals surface area contributed by atoms with E-state index in [1.807, 2.05) is 25.1 Å². The minimum absolute atomic E-state index is 0.0294. The molecule has 0 heterocycles. The molecule has 0 aromatic heterocycles. The van der Waals surface area contributed by atoms with Crippen LogP contribution in [0, 0.1) is 6.92 Å². The Labute approximate surface area is 123 Å². The van der Waals surface area contributed by atoms with Crippen molar-refractivity contribution in [2.75, 3.05) is 11.9 Å². The Bertz CT molecular complexity index is 528. The zero-order chi connectivity index (χ0) is 15.8. The Morgan fingerprint density at radius 1 is 1.29 bits per heavy atom. The fraction of sp³-hybridized carbons (Fsp3) is 0.400. The van der Waals surface area contributed by atoms with Gasteiger partial charge in [-0.25, -0.2) is 0 Å². The van der Waals surface area contributed by atoms with Gasteiger partial charge < -0.3 is 15.4 Å². The molecule has 114 valence electrons. The third-order valence-corrected chi connectivity index (χ3v) is 2.67. The molecule has 2 amide bonds. The summed E-state index contributed by atoms with van der Waals surface area (Å²) >= 11 is 0. The lowest BCUT2D eigenvalue weighted by molar-refractivity contribution is -0.153. The van der Waals surface area contributed by atoms with Gasteiger partial charge in [0, 0.05) is 19.2 Å². The zero-order valence-corrected chi connectivity index (χ0v) is 12.4. The van der Waals surface area contributed by atoms with Crippen molar-refractivity contribution in [3.8, 4) is 0 Å². The number of hydrogen-bond acceptors (Lipinski definition) is 4. The SMILES string of the molecule is CC(=O)NCCC(=O)O[C@@H](C)C(=O)Nc1cccc(C)c1. The maximum absolute atomic E-state index is 11.9. The largest absolute Gasteiger partial charge is 0.452 e. The first kappa shape index (κ1) is 16.7. The number of carbonyl (C=O) groups is 3. The van der Waals surface area contributed by atoms with Crippen LogP contribution in [0.3, 0.4) is 0 Å². The van der Waals surface area contributed by atoms with Crippen molar-refractivity contribution in [1.29, 1.82) is 0 Å². The summed E-state index contributed by atoms with van der Waals surface area (Å²) in [5.41, 5.74) is 1.67. The lowest BCUT2D eigenvalue weighted by Crippen LogP contribution is -2.31. The third-order valence-electron chi connectivity index (χ3n) is 2.67. The fourth-order valence-electron chi connectivity index (χ4n) is 1.62.